The minimum absolute atomic E-state index is 0.247. The van der Waals surface area contributed by atoms with Crippen LogP contribution in [0.2, 0.25) is 0 Å². The fourth-order valence-electron chi connectivity index (χ4n) is 3.03. The number of fused-ring (bicyclic) bond motifs is 1. The van der Waals surface area contributed by atoms with Gasteiger partial charge in [-0.2, -0.15) is 0 Å². The zero-order valence-corrected chi connectivity index (χ0v) is 16.7. The number of benzene rings is 1. The summed E-state index contributed by atoms with van der Waals surface area (Å²) in [4.78, 5) is 40.9. The van der Waals surface area contributed by atoms with E-state index in [1.54, 1.807) is 18.5 Å². The van der Waals surface area contributed by atoms with E-state index in [9.17, 15) is 19.5 Å². The van der Waals surface area contributed by atoms with Gasteiger partial charge in [0, 0.05) is 20.6 Å². The number of thioether (sulfide) groups is 1. The van der Waals surface area contributed by atoms with Gasteiger partial charge < -0.3 is 14.5 Å². The summed E-state index contributed by atoms with van der Waals surface area (Å²) in [5.41, 5.74) is 0.683. The predicted octanol–water partition coefficient (Wildman–Crippen LogP) is 0.297. The first-order chi connectivity index (χ1) is 13.3. The first-order valence-corrected chi connectivity index (χ1v) is 9.80. The summed E-state index contributed by atoms with van der Waals surface area (Å²) >= 11 is 1.04. The number of aliphatic carboxylic acids is 1. The van der Waals surface area contributed by atoms with Crippen molar-refractivity contribution in [2.45, 2.75) is 36.7 Å². The van der Waals surface area contributed by atoms with Crippen LogP contribution in [0.1, 0.15) is 18.9 Å². The highest BCUT2D eigenvalue weighted by atomic mass is 32.2. The first kappa shape index (κ1) is 19.9. The van der Waals surface area contributed by atoms with Gasteiger partial charge in [-0.15, -0.1) is 0 Å². The van der Waals surface area contributed by atoms with Crippen molar-refractivity contribution in [2.75, 3.05) is 0 Å². The average molecular weight is 401 g/mol. The highest BCUT2D eigenvalue weighted by Gasteiger charge is 2.22. The van der Waals surface area contributed by atoms with Crippen LogP contribution < -0.4 is 16.4 Å². The summed E-state index contributed by atoms with van der Waals surface area (Å²) in [6, 6.07) is 9.76. The van der Waals surface area contributed by atoms with Gasteiger partial charge in [0.15, 0.2) is 16.3 Å². The molecule has 3 rings (SSSR count). The predicted molar refractivity (Wildman–Crippen MR) is 105 cm³/mol. The number of imidazole rings is 1. The lowest BCUT2D eigenvalue weighted by Gasteiger charge is -2.16. The Morgan fingerprint density at radius 2 is 1.86 bits per heavy atom. The Hall–Kier alpha value is -2.81. The SMILES string of the molecule is CCC(Sc1nc2c(c(=O)n(C)c(=O)n2C)n1CCc1ccccc1)C(=O)[O-]. The summed E-state index contributed by atoms with van der Waals surface area (Å²) in [6.45, 7) is 2.18. The van der Waals surface area contributed by atoms with Crippen molar-refractivity contribution in [1.29, 1.82) is 0 Å². The smallest absolute Gasteiger partial charge is 0.332 e. The van der Waals surface area contributed by atoms with E-state index in [-0.39, 0.29) is 11.2 Å². The maximum Gasteiger partial charge on any atom is 0.332 e. The zero-order chi connectivity index (χ0) is 20.4. The molecule has 0 saturated carbocycles. The van der Waals surface area contributed by atoms with E-state index in [2.05, 4.69) is 4.98 Å². The van der Waals surface area contributed by atoms with E-state index in [1.807, 2.05) is 30.3 Å². The number of carboxylic acid groups (broad SMARTS) is 1. The normalized spacial score (nSPS) is 12.4. The van der Waals surface area contributed by atoms with Crippen molar-refractivity contribution in [1.82, 2.24) is 18.7 Å². The Kier molecular flexibility index (Phi) is 5.73. The summed E-state index contributed by atoms with van der Waals surface area (Å²) in [5, 5.41) is 11.0. The molecule has 148 valence electrons. The number of nitrogens with zero attached hydrogens (tertiary/aromatic N) is 4. The van der Waals surface area contributed by atoms with Gasteiger partial charge in [0.05, 0.1) is 11.2 Å². The highest BCUT2D eigenvalue weighted by Crippen LogP contribution is 2.27. The molecule has 0 N–H and O–H groups in total. The minimum atomic E-state index is -1.18. The highest BCUT2D eigenvalue weighted by molar-refractivity contribution is 8.00. The van der Waals surface area contributed by atoms with Gasteiger partial charge >= 0.3 is 5.69 Å². The number of carboxylic acids is 1. The fraction of sp³-hybridized carbons (Fsp3) is 0.368. The third kappa shape index (κ3) is 3.62. The van der Waals surface area contributed by atoms with Crippen LogP contribution in [0.4, 0.5) is 0 Å². The molecule has 1 aromatic carbocycles. The van der Waals surface area contributed by atoms with Gasteiger partial charge in [-0.05, 0) is 18.4 Å². The number of carbonyl (C=O) groups excluding carboxylic acids is 1. The summed E-state index contributed by atoms with van der Waals surface area (Å²) < 4.78 is 4.05. The Morgan fingerprint density at radius 3 is 2.46 bits per heavy atom. The number of rotatable bonds is 7. The molecule has 8 nitrogen and oxygen atoms in total. The standard InChI is InChI=1S/C19H22N4O4S/c1-4-13(17(25)26)28-18-20-15-14(16(24)22(3)19(27)21(15)2)23(18)11-10-12-8-6-5-7-9-12/h5-9,13H,4,10-11H2,1-3H3,(H,25,26)/p-1. The molecule has 1 atom stereocenters. The van der Waals surface area contributed by atoms with Gasteiger partial charge in [0.2, 0.25) is 0 Å². The molecule has 0 aliphatic carbocycles. The Balaban J connectivity index is 2.16. The fourth-order valence-corrected chi connectivity index (χ4v) is 4.00. The molecule has 9 heteroatoms. The molecule has 3 aromatic rings. The van der Waals surface area contributed by atoms with E-state index < -0.39 is 22.5 Å². The van der Waals surface area contributed by atoms with Crippen molar-refractivity contribution in [3.63, 3.8) is 0 Å². The Labute approximate surface area is 165 Å². The van der Waals surface area contributed by atoms with Crippen molar-refractivity contribution in [3.8, 4) is 0 Å². The Morgan fingerprint density at radius 1 is 1.18 bits per heavy atom. The van der Waals surface area contributed by atoms with Crippen LogP contribution in [-0.4, -0.2) is 29.9 Å². The molecule has 0 spiro atoms. The average Bonchev–Trinajstić information content (AvgIpc) is 3.06. The Bertz CT molecular complexity index is 1130. The van der Waals surface area contributed by atoms with Crippen molar-refractivity contribution >= 4 is 28.9 Å². The van der Waals surface area contributed by atoms with Crippen LogP contribution in [0, 0.1) is 0 Å². The maximum atomic E-state index is 12.8. The third-order valence-corrected chi connectivity index (χ3v) is 5.99. The molecule has 0 aliphatic heterocycles. The number of aryl methyl sites for hydroxylation is 3. The molecule has 2 heterocycles. The molecule has 1 unspecified atom stereocenters. The van der Waals surface area contributed by atoms with Crippen LogP contribution in [0.25, 0.3) is 11.2 Å². The molecule has 2 aromatic heterocycles. The van der Waals surface area contributed by atoms with Gasteiger partial charge in [-0.25, -0.2) is 9.78 Å². The largest absolute Gasteiger partial charge is 0.549 e. The van der Waals surface area contributed by atoms with Crippen molar-refractivity contribution < 1.29 is 9.90 Å². The summed E-state index contributed by atoms with van der Waals surface area (Å²) in [6.07, 6.45) is 0.986. The molecule has 0 aliphatic rings. The van der Waals surface area contributed by atoms with Crippen molar-refractivity contribution in [2.24, 2.45) is 14.1 Å². The second-order valence-electron chi connectivity index (χ2n) is 6.49. The van der Waals surface area contributed by atoms with E-state index in [4.69, 9.17) is 0 Å². The molecule has 28 heavy (non-hydrogen) atoms. The molecular formula is C19H21N4O4S-. The molecule has 0 radical (unpaired) electrons. The quantitative estimate of drug-likeness (QED) is 0.528. The number of hydrogen-bond donors (Lipinski definition) is 0. The van der Waals surface area contributed by atoms with E-state index in [0.717, 1.165) is 21.9 Å². The van der Waals surface area contributed by atoms with Crippen LogP contribution in [0.15, 0.2) is 45.1 Å². The summed E-state index contributed by atoms with van der Waals surface area (Å²) in [7, 11) is 2.96. The van der Waals surface area contributed by atoms with Crippen LogP contribution >= 0.6 is 11.8 Å². The third-order valence-electron chi connectivity index (χ3n) is 4.66. The number of aromatic nitrogens is 4. The van der Waals surface area contributed by atoms with Crippen LogP contribution in [-0.2, 0) is 31.9 Å². The lowest BCUT2D eigenvalue weighted by molar-refractivity contribution is -0.304. The molecule has 0 bridgehead atoms. The van der Waals surface area contributed by atoms with Gasteiger partial charge in [-0.1, -0.05) is 49.0 Å². The van der Waals surface area contributed by atoms with Gasteiger partial charge in [-0.3, -0.25) is 13.9 Å². The minimum Gasteiger partial charge on any atom is -0.549 e. The lowest BCUT2D eigenvalue weighted by atomic mass is 10.1. The second-order valence-corrected chi connectivity index (χ2v) is 7.66. The lowest BCUT2D eigenvalue weighted by Crippen LogP contribution is -2.37. The molecule has 0 amide bonds. The molecular weight excluding hydrogens is 380 g/mol. The summed E-state index contributed by atoms with van der Waals surface area (Å²) in [5.74, 6) is -1.18. The number of carbonyl (C=O) groups is 1. The first-order valence-electron chi connectivity index (χ1n) is 8.92. The molecule has 0 fully saturated rings. The number of hydrogen-bond acceptors (Lipinski definition) is 6. The van der Waals surface area contributed by atoms with Crippen LogP contribution in [0.5, 0.6) is 0 Å². The van der Waals surface area contributed by atoms with E-state index in [1.165, 1.54) is 11.6 Å². The maximum absolute atomic E-state index is 12.8. The topological polar surface area (TPSA) is 102 Å². The van der Waals surface area contributed by atoms with Gasteiger partial charge in [0.25, 0.3) is 5.56 Å². The van der Waals surface area contributed by atoms with Gasteiger partial charge in [0.1, 0.15) is 0 Å². The van der Waals surface area contributed by atoms with Crippen molar-refractivity contribution in [3.05, 3.63) is 56.7 Å². The van der Waals surface area contributed by atoms with Crippen LogP contribution in [0.3, 0.4) is 0 Å². The molecule has 0 saturated heterocycles. The zero-order valence-electron chi connectivity index (χ0n) is 15.9. The monoisotopic (exact) mass is 401 g/mol. The second kappa shape index (κ2) is 8.05. The van der Waals surface area contributed by atoms with E-state index >= 15 is 0 Å². The van der Waals surface area contributed by atoms with E-state index in [0.29, 0.717) is 24.5 Å².